The van der Waals surface area contributed by atoms with Crippen LogP contribution in [-0.2, 0) is 7.05 Å². The number of hydrogen-bond donors (Lipinski definition) is 1. The summed E-state index contributed by atoms with van der Waals surface area (Å²) in [4.78, 5) is 4.54. The van der Waals surface area contributed by atoms with Gasteiger partial charge < -0.3 is 10.5 Å². The van der Waals surface area contributed by atoms with Crippen LogP contribution in [0.4, 0.5) is 5.82 Å². The summed E-state index contributed by atoms with van der Waals surface area (Å²) in [5, 5.41) is 4.13. The molecule has 0 saturated carbocycles. The first-order chi connectivity index (χ1) is 8.72. The smallest absolute Gasteiger partial charge is 0.181 e. The molecule has 3 rings (SSSR count). The number of imidazole rings is 1. The maximum Gasteiger partial charge on any atom is 0.181 e. The predicted molar refractivity (Wildman–Crippen MR) is 68.4 cm³/mol. The summed E-state index contributed by atoms with van der Waals surface area (Å²) >= 11 is 0. The van der Waals surface area contributed by atoms with Gasteiger partial charge in [-0.3, -0.25) is 9.08 Å². The zero-order valence-corrected chi connectivity index (χ0v) is 10.2. The lowest BCUT2D eigenvalue weighted by molar-refractivity contribution is 0.417. The van der Waals surface area contributed by atoms with E-state index in [-0.39, 0.29) is 0 Å². The maximum atomic E-state index is 6.13. The SMILES string of the molecule is COc1cccn2c(N)c(-c3ccnn3C)nc12. The number of hydrogen-bond acceptors (Lipinski definition) is 4. The zero-order valence-electron chi connectivity index (χ0n) is 10.2. The average Bonchev–Trinajstić information content (AvgIpc) is 2.93. The predicted octanol–water partition coefficient (Wildman–Crippen LogP) is 1.33. The second-order valence-corrected chi connectivity index (χ2v) is 3.96. The summed E-state index contributed by atoms with van der Waals surface area (Å²) in [6.07, 6.45) is 3.58. The van der Waals surface area contributed by atoms with E-state index < -0.39 is 0 Å². The van der Waals surface area contributed by atoms with Gasteiger partial charge in [-0.15, -0.1) is 0 Å². The highest BCUT2D eigenvalue weighted by molar-refractivity contribution is 5.75. The van der Waals surface area contributed by atoms with Crippen LogP contribution >= 0.6 is 0 Å². The van der Waals surface area contributed by atoms with Crippen LogP contribution in [0.3, 0.4) is 0 Å². The van der Waals surface area contributed by atoms with E-state index in [4.69, 9.17) is 10.5 Å². The van der Waals surface area contributed by atoms with E-state index in [0.717, 1.165) is 5.69 Å². The molecule has 0 aromatic carbocycles. The number of nitrogens with zero attached hydrogens (tertiary/aromatic N) is 4. The molecule has 0 bridgehead atoms. The van der Waals surface area contributed by atoms with Crippen molar-refractivity contribution in [3.05, 3.63) is 30.6 Å². The molecule has 0 aliphatic rings. The number of nitrogen functional groups attached to an aromatic ring is 1. The number of anilines is 1. The minimum Gasteiger partial charge on any atom is -0.493 e. The van der Waals surface area contributed by atoms with Gasteiger partial charge in [-0.2, -0.15) is 5.10 Å². The molecule has 0 spiro atoms. The Morgan fingerprint density at radius 3 is 2.83 bits per heavy atom. The van der Waals surface area contributed by atoms with Gasteiger partial charge in [0.15, 0.2) is 11.4 Å². The molecule has 0 aliphatic heterocycles. The Labute approximate surface area is 104 Å². The summed E-state index contributed by atoms with van der Waals surface area (Å²) < 4.78 is 8.83. The van der Waals surface area contributed by atoms with Crippen molar-refractivity contribution < 1.29 is 4.74 Å². The molecule has 6 nitrogen and oxygen atoms in total. The maximum absolute atomic E-state index is 6.13. The number of nitrogens with two attached hydrogens (primary N) is 1. The number of rotatable bonds is 2. The highest BCUT2D eigenvalue weighted by Gasteiger charge is 2.16. The molecular formula is C12H13N5O. The molecule has 92 valence electrons. The molecule has 0 fully saturated rings. The fourth-order valence-corrected chi connectivity index (χ4v) is 2.01. The third-order valence-electron chi connectivity index (χ3n) is 2.93. The first kappa shape index (κ1) is 10.6. The molecule has 3 aromatic rings. The first-order valence-electron chi connectivity index (χ1n) is 5.51. The van der Waals surface area contributed by atoms with Crippen molar-refractivity contribution in [2.24, 2.45) is 7.05 Å². The Hall–Kier alpha value is -2.50. The first-order valence-corrected chi connectivity index (χ1v) is 5.51. The van der Waals surface area contributed by atoms with Gasteiger partial charge in [-0.1, -0.05) is 0 Å². The molecule has 3 heterocycles. The lowest BCUT2D eigenvalue weighted by atomic mass is 10.3. The Morgan fingerprint density at radius 1 is 1.33 bits per heavy atom. The molecule has 0 aliphatic carbocycles. The van der Waals surface area contributed by atoms with Gasteiger partial charge >= 0.3 is 0 Å². The molecular weight excluding hydrogens is 230 g/mol. The Balaban J connectivity index is 2.32. The Kier molecular flexibility index (Phi) is 2.22. The van der Waals surface area contributed by atoms with E-state index in [0.29, 0.717) is 22.9 Å². The van der Waals surface area contributed by atoms with Crippen LogP contribution in [0.1, 0.15) is 0 Å². The van der Waals surface area contributed by atoms with E-state index in [1.165, 1.54) is 0 Å². The molecule has 0 radical (unpaired) electrons. The van der Waals surface area contributed by atoms with Crippen molar-refractivity contribution in [1.29, 1.82) is 0 Å². The third kappa shape index (κ3) is 1.35. The van der Waals surface area contributed by atoms with Gasteiger partial charge in [0, 0.05) is 19.4 Å². The van der Waals surface area contributed by atoms with Crippen molar-refractivity contribution in [3.63, 3.8) is 0 Å². The highest BCUT2D eigenvalue weighted by Crippen LogP contribution is 2.29. The van der Waals surface area contributed by atoms with E-state index in [1.807, 2.05) is 31.4 Å². The van der Waals surface area contributed by atoms with Crippen LogP contribution in [0.15, 0.2) is 30.6 Å². The van der Waals surface area contributed by atoms with Gasteiger partial charge in [-0.25, -0.2) is 4.98 Å². The van der Waals surface area contributed by atoms with Crippen LogP contribution in [0, 0.1) is 0 Å². The molecule has 0 saturated heterocycles. The molecule has 6 heteroatoms. The van der Waals surface area contributed by atoms with Crippen LogP contribution in [-0.4, -0.2) is 26.3 Å². The number of aromatic nitrogens is 4. The quantitative estimate of drug-likeness (QED) is 0.737. The molecule has 0 atom stereocenters. The summed E-state index contributed by atoms with van der Waals surface area (Å²) in [5.74, 6) is 1.27. The van der Waals surface area contributed by atoms with Crippen molar-refractivity contribution >= 4 is 11.5 Å². The van der Waals surface area contributed by atoms with Crippen molar-refractivity contribution in [2.45, 2.75) is 0 Å². The van der Waals surface area contributed by atoms with Crippen LogP contribution in [0.5, 0.6) is 5.75 Å². The fourth-order valence-electron chi connectivity index (χ4n) is 2.01. The summed E-state index contributed by atoms with van der Waals surface area (Å²) in [6.45, 7) is 0. The minimum absolute atomic E-state index is 0.576. The summed E-state index contributed by atoms with van der Waals surface area (Å²) in [5.41, 5.74) is 8.41. The lowest BCUT2D eigenvalue weighted by Gasteiger charge is -2.01. The van der Waals surface area contributed by atoms with Crippen molar-refractivity contribution in [2.75, 3.05) is 12.8 Å². The van der Waals surface area contributed by atoms with Crippen molar-refractivity contribution in [3.8, 4) is 17.1 Å². The number of methoxy groups -OCH3 is 1. The Morgan fingerprint density at radius 2 is 2.17 bits per heavy atom. The van der Waals surface area contributed by atoms with E-state index in [2.05, 4.69) is 10.1 Å². The van der Waals surface area contributed by atoms with Gasteiger partial charge in [0.25, 0.3) is 0 Å². The van der Waals surface area contributed by atoms with Crippen LogP contribution in [0.25, 0.3) is 17.0 Å². The second-order valence-electron chi connectivity index (χ2n) is 3.96. The Bertz CT molecular complexity index is 712. The summed E-state index contributed by atoms with van der Waals surface area (Å²) in [6, 6.07) is 5.61. The van der Waals surface area contributed by atoms with E-state index in [9.17, 15) is 0 Å². The lowest BCUT2D eigenvalue weighted by Crippen LogP contribution is -1.98. The minimum atomic E-state index is 0.576. The zero-order chi connectivity index (χ0) is 12.7. The molecule has 2 N–H and O–H groups in total. The topological polar surface area (TPSA) is 70.4 Å². The average molecular weight is 243 g/mol. The normalized spacial score (nSPS) is 11.0. The molecule has 18 heavy (non-hydrogen) atoms. The second kappa shape index (κ2) is 3.76. The molecule has 3 aromatic heterocycles. The number of pyridine rings is 1. The van der Waals surface area contributed by atoms with E-state index >= 15 is 0 Å². The van der Waals surface area contributed by atoms with Gasteiger partial charge in [0.2, 0.25) is 0 Å². The highest BCUT2D eigenvalue weighted by atomic mass is 16.5. The fraction of sp³-hybridized carbons (Fsp3) is 0.167. The van der Waals surface area contributed by atoms with Gasteiger partial charge in [0.1, 0.15) is 11.5 Å². The standard InChI is InChI=1S/C12H13N5O/c1-16-8(5-6-14-16)10-11(13)17-7-3-4-9(18-2)12(17)15-10/h3-7H,13H2,1-2H3. The summed E-state index contributed by atoms with van der Waals surface area (Å²) in [7, 11) is 3.47. The largest absolute Gasteiger partial charge is 0.493 e. The van der Waals surface area contributed by atoms with Crippen molar-refractivity contribution in [1.82, 2.24) is 19.2 Å². The third-order valence-corrected chi connectivity index (χ3v) is 2.93. The van der Waals surface area contributed by atoms with Crippen LogP contribution < -0.4 is 10.5 Å². The molecule has 0 unspecified atom stereocenters. The van der Waals surface area contributed by atoms with E-state index in [1.54, 1.807) is 22.4 Å². The van der Waals surface area contributed by atoms with Gasteiger partial charge in [0.05, 0.1) is 12.8 Å². The van der Waals surface area contributed by atoms with Crippen LogP contribution in [0.2, 0.25) is 0 Å². The van der Waals surface area contributed by atoms with Gasteiger partial charge in [-0.05, 0) is 18.2 Å². The number of aryl methyl sites for hydroxylation is 1. The number of fused-ring (bicyclic) bond motifs is 1. The molecule has 0 amide bonds. The monoisotopic (exact) mass is 243 g/mol. The number of ether oxygens (including phenoxy) is 1.